The number of methoxy groups -OCH3 is 1. The molecular formula is C13H11IO2S. The van der Waals surface area contributed by atoms with E-state index in [2.05, 4.69) is 22.6 Å². The first kappa shape index (κ1) is 12.6. The fourth-order valence-electron chi connectivity index (χ4n) is 1.58. The predicted octanol–water partition coefficient (Wildman–Crippen LogP) is 3.90. The monoisotopic (exact) mass is 358 g/mol. The van der Waals surface area contributed by atoms with Crippen molar-refractivity contribution in [2.75, 3.05) is 7.11 Å². The van der Waals surface area contributed by atoms with Crippen molar-refractivity contribution in [3.63, 3.8) is 0 Å². The fraction of sp³-hybridized carbons (Fsp3) is 0.154. The molecule has 0 N–H and O–H groups in total. The molecular weight excluding hydrogens is 347 g/mol. The van der Waals surface area contributed by atoms with E-state index in [0.717, 1.165) is 14.0 Å². The Hall–Kier alpha value is -0.880. The van der Waals surface area contributed by atoms with Gasteiger partial charge in [-0.2, -0.15) is 0 Å². The van der Waals surface area contributed by atoms with Crippen molar-refractivity contribution in [3.8, 4) is 5.75 Å². The highest BCUT2D eigenvalue weighted by Crippen LogP contribution is 2.25. The van der Waals surface area contributed by atoms with E-state index in [4.69, 9.17) is 4.74 Å². The van der Waals surface area contributed by atoms with Crippen LogP contribution in [-0.4, -0.2) is 12.9 Å². The minimum absolute atomic E-state index is 0.0183. The van der Waals surface area contributed by atoms with Crippen molar-refractivity contribution in [2.45, 2.75) is 6.92 Å². The molecule has 0 aliphatic carbocycles. The molecule has 2 nitrogen and oxygen atoms in total. The molecule has 2 rings (SSSR count). The van der Waals surface area contributed by atoms with Crippen molar-refractivity contribution in [1.82, 2.24) is 0 Å². The molecule has 0 saturated carbocycles. The number of hydrogen-bond acceptors (Lipinski definition) is 3. The number of aryl methyl sites for hydroxylation is 1. The smallest absolute Gasteiger partial charge is 0.197 e. The Bertz CT molecular complexity index is 560. The summed E-state index contributed by atoms with van der Waals surface area (Å²) in [5.41, 5.74) is 2.41. The van der Waals surface area contributed by atoms with Gasteiger partial charge >= 0.3 is 0 Å². The summed E-state index contributed by atoms with van der Waals surface area (Å²) >= 11 is 3.78. The van der Waals surface area contributed by atoms with Crippen LogP contribution in [0.5, 0.6) is 5.75 Å². The Morgan fingerprint density at radius 3 is 2.71 bits per heavy atom. The number of thiophene rings is 1. The summed E-state index contributed by atoms with van der Waals surface area (Å²) in [7, 11) is 1.58. The normalized spacial score (nSPS) is 10.3. The lowest BCUT2D eigenvalue weighted by Crippen LogP contribution is -2.03. The molecule has 88 valence electrons. The topological polar surface area (TPSA) is 26.3 Å². The third-order valence-electron chi connectivity index (χ3n) is 2.43. The van der Waals surface area contributed by atoms with Crippen LogP contribution in [-0.2, 0) is 0 Å². The second-order valence-corrected chi connectivity index (χ2v) is 6.48. The Kier molecular flexibility index (Phi) is 3.83. The summed E-state index contributed by atoms with van der Waals surface area (Å²) in [6, 6.07) is 7.54. The van der Waals surface area contributed by atoms with Gasteiger partial charge in [-0.25, -0.2) is 0 Å². The summed E-state index contributed by atoms with van der Waals surface area (Å²) in [6.07, 6.45) is 0. The molecule has 0 radical (unpaired) electrons. The molecule has 2 aromatic rings. The van der Waals surface area contributed by atoms with Crippen molar-refractivity contribution in [1.29, 1.82) is 0 Å². The number of ketones is 1. The van der Waals surface area contributed by atoms with E-state index in [-0.39, 0.29) is 5.78 Å². The summed E-state index contributed by atoms with van der Waals surface area (Å²) in [5.74, 6) is 0.645. The number of halogens is 1. The lowest BCUT2D eigenvalue weighted by atomic mass is 10.0. The molecule has 0 atom stereocenters. The van der Waals surface area contributed by atoms with Gasteiger partial charge in [0.15, 0.2) is 5.78 Å². The van der Waals surface area contributed by atoms with E-state index in [1.54, 1.807) is 18.4 Å². The molecule has 0 unspecified atom stereocenters. The van der Waals surface area contributed by atoms with Crippen LogP contribution in [0.25, 0.3) is 0 Å². The molecule has 0 saturated heterocycles. The number of carbonyl (C=O) groups is 1. The lowest BCUT2D eigenvalue weighted by Gasteiger charge is -2.07. The minimum atomic E-state index is 0.0183. The molecule has 0 fully saturated rings. The van der Waals surface area contributed by atoms with Gasteiger partial charge in [-0.3, -0.25) is 4.79 Å². The van der Waals surface area contributed by atoms with Gasteiger partial charge < -0.3 is 4.74 Å². The Morgan fingerprint density at radius 1 is 1.35 bits per heavy atom. The quantitative estimate of drug-likeness (QED) is 0.615. The first-order chi connectivity index (χ1) is 8.11. The highest BCUT2D eigenvalue weighted by Gasteiger charge is 2.15. The van der Waals surface area contributed by atoms with Crippen LogP contribution in [0.2, 0.25) is 0 Å². The molecule has 0 aliphatic heterocycles. The van der Waals surface area contributed by atoms with Gasteiger partial charge in [0.2, 0.25) is 0 Å². The SMILES string of the molecule is COc1ccc(C)cc1C(=O)c1csc(I)c1. The van der Waals surface area contributed by atoms with Crippen molar-refractivity contribution in [3.05, 3.63) is 49.2 Å². The number of benzene rings is 1. The fourth-order valence-corrected chi connectivity index (χ4v) is 2.91. The van der Waals surface area contributed by atoms with E-state index in [1.807, 2.05) is 36.6 Å². The molecule has 0 amide bonds. The van der Waals surface area contributed by atoms with Crippen LogP contribution in [0, 0.1) is 9.81 Å². The standard InChI is InChI=1S/C13H11IO2S/c1-8-3-4-11(16-2)10(5-8)13(15)9-6-12(14)17-7-9/h3-7H,1-2H3. The summed E-state index contributed by atoms with van der Waals surface area (Å²) in [5, 5.41) is 1.88. The van der Waals surface area contributed by atoms with Gasteiger partial charge in [0.1, 0.15) is 5.75 Å². The number of carbonyl (C=O) groups excluding carboxylic acids is 1. The van der Waals surface area contributed by atoms with Gasteiger partial charge in [-0.15, -0.1) is 11.3 Å². The van der Waals surface area contributed by atoms with Gasteiger partial charge in [-0.05, 0) is 47.7 Å². The van der Waals surface area contributed by atoms with Crippen molar-refractivity contribution < 1.29 is 9.53 Å². The average molecular weight is 358 g/mol. The summed E-state index contributed by atoms with van der Waals surface area (Å²) < 4.78 is 6.34. The van der Waals surface area contributed by atoms with Crippen LogP contribution in [0.4, 0.5) is 0 Å². The zero-order valence-electron chi connectivity index (χ0n) is 9.49. The Balaban J connectivity index is 2.46. The van der Waals surface area contributed by atoms with Gasteiger partial charge in [0, 0.05) is 10.9 Å². The summed E-state index contributed by atoms with van der Waals surface area (Å²) in [4.78, 5) is 12.3. The highest BCUT2D eigenvalue weighted by atomic mass is 127. The van der Waals surface area contributed by atoms with Crippen molar-refractivity contribution >= 4 is 39.7 Å². The van der Waals surface area contributed by atoms with E-state index < -0.39 is 0 Å². The molecule has 17 heavy (non-hydrogen) atoms. The zero-order chi connectivity index (χ0) is 12.4. The maximum absolute atomic E-state index is 12.3. The van der Waals surface area contributed by atoms with E-state index in [1.165, 1.54) is 0 Å². The maximum atomic E-state index is 12.3. The molecule has 4 heteroatoms. The number of ether oxygens (including phenoxy) is 1. The molecule has 0 spiro atoms. The zero-order valence-corrected chi connectivity index (χ0v) is 12.5. The lowest BCUT2D eigenvalue weighted by molar-refractivity contribution is 0.103. The largest absolute Gasteiger partial charge is 0.496 e. The third kappa shape index (κ3) is 2.69. The van der Waals surface area contributed by atoms with Gasteiger partial charge in [-0.1, -0.05) is 11.6 Å². The predicted molar refractivity (Wildman–Crippen MR) is 78.2 cm³/mol. The van der Waals surface area contributed by atoms with Gasteiger partial charge in [0.25, 0.3) is 0 Å². The second-order valence-electron chi connectivity index (χ2n) is 3.67. The van der Waals surface area contributed by atoms with Gasteiger partial charge in [0.05, 0.1) is 15.6 Å². The van der Waals surface area contributed by atoms with Crippen LogP contribution < -0.4 is 4.74 Å². The van der Waals surface area contributed by atoms with E-state index in [0.29, 0.717) is 11.3 Å². The molecule has 1 aromatic heterocycles. The number of hydrogen-bond donors (Lipinski definition) is 0. The minimum Gasteiger partial charge on any atom is -0.496 e. The second kappa shape index (κ2) is 5.18. The van der Waals surface area contributed by atoms with Crippen LogP contribution in [0.1, 0.15) is 21.5 Å². The van der Waals surface area contributed by atoms with Crippen LogP contribution >= 0.6 is 33.9 Å². The van der Waals surface area contributed by atoms with E-state index in [9.17, 15) is 4.79 Å². The highest BCUT2D eigenvalue weighted by molar-refractivity contribution is 14.1. The third-order valence-corrected chi connectivity index (χ3v) is 4.22. The molecule has 0 bridgehead atoms. The van der Waals surface area contributed by atoms with Crippen LogP contribution in [0.3, 0.4) is 0 Å². The first-order valence-electron chi connectivity index (χ1n) is 5.05. The van der Waals surface area contributed by atoms with Crippen LogP contribution in [0.15, 0.2) is 29.6 Å². The first-order valence-corrected chi connectivity index (χ1v) is 7.01. The molecule has 1 heterocycles. The van der Waals surface area contributed by atoms with E-state index >= 15 is 0 Å². The molecule has 0 aliphatic rings. The molecule has 1 aromatic carbocycles. The maximum Gasteiger partial charge on any atom is 0.197 e. The van der Waals surface area contributed by atoms with Crippen molar-refractivity contribution in [2.24, 2.45) is 0 Å². The Morgan fingerprint density at radius 2 is 2.12 bits per heavy atom. The average Bonchev–Trinajstić information content (AvgIpc) is 2.75. The number of rotatable bonds is 3. The summed E-state index contributed by atoms with van der Waals surface area (Å²) in [6.45, 7) is 1.97. The Labute approximate surface area is 118 Å².